The number of hydrogen-bond donors (Lipinski definition) is 2. The van der Waals surface area contributed by atoms with E-state index in [0.29, 0.717) is 6.54 Å². The predicted octanol–water partition coefficient (Wildman–Crippen LogP) is -0.386. The Labute approximate surface area is 87.0 Å². The van der Waals surface area contributed by atoms with Crippen LogP contribution >= 0.6 is 12.2 Å². The highest BCUT2D eigenvalue weighted by molar-refractivity contribution is 7.80. The highest BCUT2D eigenvalue weighted by Crippen LogP contribution is 1.99. The molecule has 1 saturated heterocycles. The van der Waals surface area contributed by atoms with Crippen LogP contribution in [-0.2, 0) is 9.59 Å². The molecule has 1 rings (SSSR count). The predicted molar refractivity (Wildman–Crippen MR) is 56.0 cm³/mol. The van der Waals surface area contributed by atoms with Crippen molar-refractivity contribution in [3.63, 3.8) is 0 Å². The van der Waals surface area contributed by atoms with Crippen LogP contribution in [0.25, 0.3) is 0 Å². The molecule has 0 saturated carbocycles. The largest absolute Gasteiger partial charge is 0.302 e. The van der Waals surface area contributed by atoms with Crippen molar-refractivity contribution in [3.05, 3.63) is 0 Å². The van der Waals surface area contributed by atoms with Gasteiger partial charge in [-0.05, 0) is 18.6 Å². The third-order valence-corrected chi connectivity index (χ3v) is 1.85. The third kappa shape index (κ3) is 2.59. The number of carbonyl (C=O) groups excluding carboxylic acids is 2. The first-order valence-electron chi connectivity index (χ1n) is 4.30. The molecule has 1 fully saturated rings. The van der Waals surface area contributed by atoms with Gasteiger partial charge in [0.25, 0.3) is 0 Å². The molecule has 0 atom stereocenters. The summed E-state index contributed by atoms with van der Waals surface area (Å²) >= 11 is 4.64. The van der Waals surface area contributed by atoms with E-state index in [9.17, 15) is 9.59 Å². The van der Waals surface area contributed by atoms with E-state index < -0.39 is 17.7 Å². The zero-order valence-electron chi connectivity index (χ0n) is 7.74. The van der Waals surface area contributed by atoms with E-state index in [-0.39, 0.29) is 5.11 Å². The topological polar surface area (TPSA) is 70.6 Å². The molecule has 0 aliphatic carbocycles. The number of nitrogens with zero attached hydrogens (tertiary/aromatic N) is 1. The highest BCUT2D eigenvalue weighted by Gasteiger charge is 2.30. The van der Waals surface area contributed by atoms with E-state index in [2.05, 4.69) is 27.8 Å². The molecule has 0 aromatic rings. The molecule has 1 aliphatic rings. The minimum atomic E-state index is -0.853. The first-order chi connectivity index (χ1) is 6.65. The van der Waals surface area contributed by atoms with Gasteiger partial charge < -0.3 is 10.6 Å². The van der Waals surface area contributed by atoms with Crippen molar-refractivity contribution in [2.75, 3.05) is 6.54 Å². The van der Waals surface area contributed by atoms with Crippen LogP contribution in [-0.4, -0.2) is 29.7 Å². The summed E-state index contributed by atoms with van der Waals surface area (Å²) in [6.45, 7) is 2.58. The quantitative estimate of drug-likeness (QED) is 0.381. The average molecular weight is 213 g/mol. The van der Waals surface area contributed by atoms with Crippen LogP contribution in [0.2, 0.25) is 0 Å². The van der Waals surface area contributed by atoms with Gasteiger partial charge in [0.1, 0.15) is 0 Å². The smallest absolute Gasteiger partial charge is 0.244 e. The van der Waals surface area contributed by atoms with Gasteiger partial charge in [-0.1, -0.05) is 6.92 Å². The van der Waals surface area contributed by atoms with Gasteiger partial charge in [0.2, 0.25) is 11.8 Å². The van der Waals surface area contributed by atoms with Gasteiger partial charge >= 0.3 is 0 Å². The first kappa shape index (κ1) is 10.8. The summed E-state index contributed by atoms with van der Waals surface area (Å²) in [5.74, 6) is -1.69. The number of hydrogen-bond acceptors (Lipinski definition) is 4. The van der Waals surface area contributed by atoms with E-state index in [1.54, 1.807) is 0 Å². The van der Waals surface area contributed by atoms with Crippen molar-refractivity contribution in [3.8, 4) is 0 Å². The number of nitrogens with one attached hydrogen (secondary N) is 2. The van der Waals surface area contributed by atoms with Crippen LogP contribution in [0.15, 0.2) is 4.99 Å². The van der Waals surface area contributed by atoms with Crippen molar-refractivity contribution in [2.24, 2.45) is 10.9 Å². The zero-order chi connectivity index (χ0) is 10.6. The molecule has 14 heavy (non-hydrogen) atoms. The van der Waals surface area contributed by atoms with Gasteiger partial charge in [-0.2, -0.15) is 0 Å². The Balaban J connectivity index is 2.63. The fraction of sp³-hybridized carbons (Fsp3) is 0.500. The van der Waals surface area contributed by atoms with Gasteiger partial charge in [-0.3, -0.25) is 14.6 Å². The minimum absolute atomic E-state index is 0.0557. The Kier molecular flexibility index (Phi) is 3.70. The first-order valence-corrected chi connectivity index (χ1v) is 4.71. The summed E-state index contributed by atoms with van der Waals surface area (Å²) in [6, 6.07) is 0. The lowest BCUT2D eigenvalue weighted by molar-refractivity contribution is -0.131. The Hall–Kier alpha value is -1.30. The molecule has 0 unspecified atom stereocenters. The van der Waals surface area contributed by atoms with E-state index in [4.69, 9.17) is 0 Å². The maximum atomic E-state index is 11.3. The maximum Gasteiger partial charge on any atom is 0.244 e. The monoisotopic (exact) mass is 213 g/mol. The molecular weight excluding hydrogens is 202 g/mol. The molecule has 0 radical (unpaired) electrons. The Bertz CT molecular complexity index is 281. The molecule has 1 aliphatic heterocycles. The van der Waals surface area contributed by atoms with Crippen molar-refractivity contribution < 1.29 is 9.59 Å². The Morgan fingerprint density at radius 1 is 1.43 bits per heavy atom. The summed E-state index contributed by atoms with van der Waals surface area (Å²) in [7, 11) is 0. The molecule has 6 heteroatoms. The van der Waals surface area contributed by atoms with Crippen LogP contribution in [0.1, 0.15) is 13.3 Å². The number of rotatable bonds is 3. The lowest BCUT2D eigenvalue weighted by Crippen LogP contribution is -2.56. The number of carbonyl (C=O) groups is 2. The van der Waals surface area contributed by atoms with Gasteiger partial charge in [-0.15, -0.1) is 0 Å². The second kappa shape index (κ2) is 4.80. The number of amides is 2. The second-order valence-electron chi connectivity index (χ2n) is 2.84. The van der Waals surface area contributed by atoms with E-state index in [0.717, 1.165) is 6.42 Å². The zero-order valence-corrected chi connectivity index (χ0v) is 8.56. The summed E-state index contributed by atoms with van der Waals surface area (Å²) < 4.78 is 0. The van der Waals surface area contributed by atoms with Crippen LogP contribution in [0.3, 0.4) is 0 Å². The van der Waals surface area contributed by atoms with Crippen LogP contribution < -0.4 is 10.6 Å². The molecule has 5 nitrogen and oxygen atoms in total. The Morgan fingerprint density at radius 3 is 2.50 bits per heavy atom. The van der Waals surface area contributed by atoms with Gasteiger partial charge in [-0.25, -0.2) is 0 Å². The molecule has 0 aromatic carbocycles. The van der Waals surface area contributed by atoms with Crippen LogP contribution in [0.5, 0.6) is 0 Å². The van der Waals surface area contributed by atoms with Crippen molar-refractivity contribution in [1.82, 2.24) is 10.6 Å². The number of aliphatic imine (C=N–C) groups is 1. The van der Waals surface area contributed by atoms with E-state index in [1.165, 1.54) is 6.21 Å². The third-order valence-electron chi connectivity index (χ3n) is 1.65. The summed E-state index contributed by atoms with van der Waals surface area (Å²) in [5, 5.41) is 4.77. The van der Waals surface area contributed by atoms with Crippen LogP contribution in [0.4, 0.5) is 0 Å². The minimum Gasteiger partial charge on any atom is -0.302 e. The molecule has 1 heterocycles. The molecule has 0 bridgehead atoms. The van der Waals surface area contributed by atoms with Crippen molar-refractivity contribution in [1.29, 1.82) is 0 Å². The van der Waals surface area contributed by atoms with Gasteiger partial charge in [0.05, 0.1) is 0 Å². The van der Waals surface area contributed by atoms with Crippen molar-refractivity contribution >= 4 is 35.4 Å². The second-order valence-corrected chi connectivity index (χ2v) is 3.25. The Morgan fingerprint density at radius 2 is 2.00 bits per heavy atom. The SMILES string of the molecule is CCCN=CC1C(=O)NC(=S)NC1=O. The molecule has 0 spiro atoms. The fourth-order valence-corrected chi connectivity index (χ4v) is 1.18. The average Bonchev–Trinajstić information content (AvgIpc) is 2.09. The lowest BCUT2D eigenvalue weighted by Gasteiger charge is -2.19. The normalized spacial score (nSPS) is 18.5. The molecule has 2 N–H and O–H groups in total. The van der Waals surface area contributed by atoms with Gasteiger partial charge in [0.15, 0.2) is 11.0 Å². The van der Waals surface area contributed by atoms with Gasteiger partial charge in [0, 0.05) is 12.8 Å². The maximum absolute atomic E-state index is 11.3. The van der Waals surface area contributed by atoms with Crippen LogP contribution in [0, 0.1) is 5.92 Å². The lowest BCUT2D eigenvalue weighted by atomic mass is 10.1. The molecule has 76 valence electrons. The summed E-state index contributed by atoms with van der Waals surface area (Å²) in [6.07, 6.45) is 2.24. The van der Waals surface area contributed by atoms with E-state index >= 15 is 0 Å². The van der Waals surface area contributed by atoms with Crippen molar-refractivity contribution in [2.45, 2.75) is 13.3 Å². The molecular formula is C8H11N3O2S. The summed E-state index contributed by atoms with van der Waals surface area (Å²) in [5.41, 5.74) is 0. The van der Waals surface area contributed by atoms with E-state index in [1.807, 2.05) is 6.92 Å². The highest BCUT2D eigenvalue weighted by atomic mass is 32.1. The number of thiocarbonyl (C=S) groups is 1. The molecule has 2 amide bonds. The fourth-order valence-electron chi connectivity index (χ4n) is 0.974. The standard InChI is InChI=1S/C8H11N3O2S/c1-2-3-9-4-5-6(12)10-8(14)11-7(5)13/h4-5H,2-3H2,1H3,(H2,10,11,12,13,14). The summed E-state index contributed by atoms with van der Waals surface area (Å²) in [4.78, 5) is 26.5. The molecule has 0 aromatic heterocycles.